The fourth-order valence-electron chi connectivity index (χ4n) is 3.37. The first kappa shape index (κ1) is 18.2. The van der Waals surface area contributed by atoms with Crippen LogP contribution in [-0.4, -0.2) is 28.9 Å². The summed E-state index contributed by atoms with van der Waals surface area (Å²) >= 11 is -2.10. The molecule has 3 aromatic carbocycles. The molecule has 5 aromatic rings. The van der Waals surface area contributed by atoms with E-state index in [1.54, 1.807) is 18.3 Å². The second kappa shape index (κ2) is 7.54. The predicted molar refractivity (Wildman–Crippen MR) is 119 cm³/mol. The second-order valence-corrected chi connectivity index (χ2v) is 7.35. The highest BCUT2D eigenvalue weighted by molar-refractivity contribution is 7.80. The zero-order valence-electron chi connectivity index (χ0n) is 15.5. The number of hydrogen-bond acceptors (Lipinski definition) is 5. The van der Waals surface area contributed by atoms with Gasteiger partial charge in [-0.2, -0.15) is 5.10 Å². The van der Waals surface area contributed by atoms with Gasteiger partial charge in [0.2, 0.25) is 0 Å². The summed E-state index contributed by atoms with van der Waals surface area (Å²) in [5.74, 6) is 0.699. The van der Waals surface area contributed by atoms with E-state index in [0.29, 0.717) is 11.5 Å². The van der Waals surface area contributed by atoms with Crippen molar-refractivity contribution in [2.24, 2.45) is 0 Å². The van der Waals surface area contributed by atoms with Crippen molar-refractivity contribution in [3.8, 4) is 11.1 Å². The normalized spacial score (nSPS) is 12.2. The highest BCUT2D eigenvalue weighted by Gasteiger charge is 2.09. The van der Waals surface area contributed by atoms with Gasteiger partial charge in [0, 0.05) is 16.5 Å². The Morgan fingerprint density at radius 1 is 0.933 bits per heavy atom. The molecule has 8 nitrogen and oxygen atoms in total. The Hall–Kier alpha value is -3.82. The average Bonchev–Trinajstić information content (AvgIpc) is 3.24. The minimum absolute atomic E-state index is 0.569. The van der Waals surface area contributed by atoms with Gasteiger partial charge >= 0.3 is 0 Å². The van der Waals surface area contributed by atoms with Crippen molar-refractivity contribution in [3.05, 3.63) is 73.2 Å². The van der Waals surface area contributed by atoms with Crippen LogP contribution in [0.1, 0.15) is 0 Å². The standard InChI is InChI=1S/C21H16N6O2S/c28-30(29)27-15-7-4-13(5-8-15)14-6-9-18-16(10-14)21(23-12-22-18)25-19-2-1-3-20-17(19)11-24-26-20/h1-12,27H,(H,24,26)(H,28,29)(H,22,23,25). The molecule has 0 spiro atoms. The van der Waals surface area contributed by atoms with E-state index in [-0.39, 0.29) is 0 Å². The third-order valence-corrected chi connectivity index (χ3v) is 5.21. The van der Waals surface area contributed by atoms with Gasteiger partial charge in [-0.15, -0.1) is 0 Å². The lowest BCUT2D eigenvalue weighted by atomic mass is 10.0. The van der Waals surface area contributed by atoms with Crippen LogP contribution < -0.4 is 10.0 Å². The van der Waals surface area contributed by atoms with Gasteiger partial charge in [-0.1, -0.05) is 24.3 Å². The van der Waals surface area contributed by atoms with Crippen molar-refractivity contribution >= 4 is 50.3 Å². The van der Waals surface area contributed by atoms with Crippen LogP contribution in [0.5, 0.6) is 0 Å². The Morgan fingerprint density at radius 3 is 2.60 bits per heavy atom. The largest absolute Gasteiger partial charge is 0.339 e. The number of nitrogens with zero attached hydrogens (tertiary/aromatic N) is 3. The molecule has 0 bridgehead atoms. The number of fused-ring (bicyclic) bond motifs is 2. The first-order valence-electron chi connectivity index (χ1n) is 9.09. The number of H-pyrrole nitrogens is 1. The molecule has 0 saturated heterocycles. The van der Waals surface area contributed by atoms with Crippen molar-refractivity contribution in [1.29, 1.82) is 0 Å². The lowest BCUT2D eigenvalue weighted by Crippen LogP contribution is -2.01. The molecule has 4 N–H and O–H groups in total. The van der Waals surface area contributed by atoms with Crippen LogP contribution in [0.2, 0.25) is 0 Å². The molecule has 0 radical (unpaired) electrons. The predicted octanol–water partition coefficient (Wildman–Crippen LogP) is 4.47. The molecule has 1 atom stereocenters. The summed E-state index contributed by atoms with van der Waals surface area (Å²) in [5.41, 5.74) is 5.19. The van der Waals surface area contributed by atoms with Gasteiger partial charge in [-0.05, 0) is 47.5 Å². The van der Waals surface area contributed by atoms with E-state index in [2.05, 4.69) is 30.2 Å². The Morgan fingerprint density at radius 2 is 1.77 bits per heavy atom. The summed E-state index contributed by atoms with van der Waals surface area (Å²) < 4.78 is 22.3. The van der Waals surface area contributed by atoms with Gasteiger partial charge in [0.05, 0.1) is 22.9 Å². The maximum Gasteiger partial charge on any atom is 0.259 e. The molecule has 2 heterocycles. The third-order valence-electron chi connectivity index (χ3n) is 4.80. The maximum absolute atomic E-state index is 10.9. The molecule has 0 amide bonds. The first-order valence-corrected chi connectivity index (χ1v) is 10.2. The fourth-order valence-corrected chi connectivity index (χ4v) is 3.71. The average molecular weight is 416 g/mol. The zero-order chi connectivity index (χ0) is 20.5. The number of aromatic nitrogens is 4. The van der Waals surface area contributed by atoms with E-state index in [0.717, 1.165) is 38.6 Å². The number of anilines is 3. The molecule has 0 aliphatic rings. The SMILES string of the molecule is O=S(O)Nc1ccc(-c2ccc3ncnc(Nc4cccc5[nH]ncc45)c3c2)cc1. The molecule has 0 aliphatic heterocycles. The van der Waals surface area contributed by atoms with Crippen molar-refractivity contribution in [1.82, 2.24) is 20.2 Å². The molecule has 9 heteroatoms. The third kappa shape index (κ3) is 3.47. The quantitative estimate of drug-likeness (QED) is 0.314. The lowest BCUT2D eigenvalue weighted by Gasteiger charge is -2.11. The Balaban J connectivity index is 1.54. The highest BCUT2D eigenvalue weighted by Crippen LogP contribution is 2.31. The van der Waals surface area contributed by atoms with E-state index in [1.165, 1.54) is 6.33 Å². The Bertz CT molecular complexity index is 1380. The summed E-state index contributed by atoms with van der Waals surface area (Å²) in [7, 11) is 0. The van der Waals surface area contributed by atoms with Gasteiger partial charge in [0.1, 0.15) is 12.1 Å². The molecule has 0 saturated carbocycles. The van der Waals surface area contributed by atoms with E-state index in [1.807, 2.05) is 48.5 Å². The summed E-state index contributed by atoms with van der Waals surface area (Å²) in [5, 5.41) is 12.3. The van der Waals surface area contributed by atoms with E-state index in [9.17, 15) is 4.21 Å². The fraction of sp³-hybridized carbons (Fsp3) is 0. The number of nitrogens with one attached hydrogen (secondary N) is 3. The number of hydrogen-bond donors (Lipinski definition) is 4. The van der Waals surface area contributed by atoms with E-state index < -0.39 is 11.3 Å². The molecule has 30 heavy (non-hydrogen) atoms. The molecular formula is C21H16N6O2S. The number of benzene rings is 3. The Kier molecular flexibility index (Phi) is 4.58. The van der Waals surface area contributed by atoms with E-state index in [4.69, 9.17) is 4.55 Å². The molecular weight excluding hydrogens is 400 g/mol. The zero-order valence-corrected chi connectivity index (χ0v) is 16.4. The van der Waals surface area contributed by atoms with Gasteiger partial charge < -0.3 is 5.32 Å². The van der Waals surface area contributed by atoms with Gasteiger partial charge in [-0.3, -0.25) is 14.4 Å². The highest BCUT2D eigenvalue weighted by atomic mass is 32.2. The van der Waals surface area contributed by atoms with E-state index >= 15 is 0 Å². The van der Waals surface area contributed by atoms with Crippen LogP contribution >= 0.6 is 0 Å². The molecule has 148 valence electrons. The summed E-state index contributed by atoms with van der Waals surface area (Å²) in [6.45, 7) is 0. The van der Waals surface area contributed by atoms with Crippen LogP contribution in [0.25, 0.3) is 32.9 Å². The summed E-state index contributed by atoms with van der Waals surface area (Å²) in [6.07, 6.45) is 3.32. The number of rotatable bonds is 5. The van der Waals surface area contributed by atoms with Gasteiger partial charge in [0.25, 0.3) is 11.3 Å². The maximum atomic E-state index is 10.9. The molecule has 0 fully saturated rings. The lowest BCUT2D eigenvalue weighted by molar-refractivity contribution is 0.570. The minimum Gasteiger partial charge on any atom is -0.339 e. The topological polar surface area (TPSA) is 116 Å². The van der Waals surface area contributed by atoms with Crippen molar-refractivity contribution in [3.63, 3.8) is 0 Å². The monoisotopic (exact) mass is 416 g/mol. The van der Waals surface area contributed by atoms with Gasteiger partial charge in [-0.25, -0.2) is 14.2 Å². The van der Waals surface area contributed by atoms with Gasteiger partial charge in [0.15, 0.2) is 0 Å². The smallest absolute Gasteiger partial charge is 0.259 e. The first-order chi connectivity index (χ1) is 14.7. The van der Waals surface area contributed by atoms with Crippen molar-refractivity contribution in [2.75, 3.05) is 10.0 Å². The molecule has 0 aliphatic carbocycles. The molecule has 1 unspecified atom stereocenters. The van der Waals surface area contributed by atoms with Crippen LogP contribution in [0, 0.1) is 0 Å². The second-order valence-electron chi connectivity index (χ2n) is 6.64. The minimum atomic E-state index is -2.10. The van der Waals surface area contributed by atoms with Crippen LogP contribution in [0.4, 0.5) is 17.2 Å². The summed E-state index contributed by atoms with van der Waals surface area (Å²) in [4.78, 5) is 8.83. The van der Waals surface area contributed by atoms with Crippen LogP contribution in [0.3, 0.4) is 0 Å². The summed E-state index contributed by atoms with van der Waals surface area (Å²) in [6, 6.07) is 19.2. The Labute approximate surface area is 173 Å². The van der Waals surface area contributed by atoms with Crippen molar-refractivity contribution in [2.45, 2.75) is 0 Å². The molecule has 2 aromatic heterocycles. The van der Waals surface area contributed by atoms with Crippen LogP contribution in [0.15, 0.2) is 73.2 Å². The van der Waals surface area contributed by atoms with Crippen molar-refractivity contribution < 1.29 is 8.76 Å². The molecule has 5 rings (SSSR count). The number of aromatic amines is 1. The van der Waals surface area contributed by atoms with Crippen LogP contribution in [-0.2, 0) is 11.3 Å².